The van der Waals surface area contributed by atoms with Gasteiger partial charge in [-0.3, -0.25) is 0 Å². The summed E-state index contributed by atoms with van der Waals surface area (Å²) < 4.78 is 3.62. The van der Waals surface area contributed by atoms with Crippen LogP contribution in [0.4, 0.5) is 0 Å². The molecule has 0 unspecified atom stereocenters. The van der Waals surface area contributed by atoms with E-state index < -0.39 is 3.93 Å². The van der Waals surface area contributed by atoms with Crippen molar-refractivity contribution in [3.05, 3.63) is 12.7 Å². The molecule has 0 heterocycles. The van der Waals surface area contributed by atoms with Crippen LogP contribution in [0.3, 0.4) is 0 Å². The fourth-order valence-corrected chi connectivity index (χ4v) is 6.49. The molecular weight excluding hydrogens is 564 g/mol. The van der Waals surface area contributed by atoms with E-state index in [0.29, 0.717) is 6.61 Å². The fraction of sp³-hybridized carbons (Fsp3) is 0.864. The first-order valence-electron chi connectivity index (χ1n) is 11.3. The van der Waals surface area contributed by atoms with Crippen molar-refractivity contribution < 1.29 is 9.53 Å². The van der Waals surface area contributed by atoms with Crippen molar-refractivity contribution in [2.24, 2.45) is 0 Å². The maximum atomic E-state index is 10.9. The molecule has 0 bridgehead atoms. The number of esters is 1. The summed E-state index contributed by atoms with van der Waals surface area (Å²) in [6.45, 7) is 3.93. The van der Waals surface area contributed by atoms with Crippen molar-refractivity contribution in [2.45, 2.75) is 115 Å². The molecule has 2 nitrogen and oxygen atoms in total. The van der Waals surface area contributed by atoms with Crippen LogP contribution in [0.25, 0.3) is 0 Å². The van der Waals surface area contributed by atoms with Gasteiger partial charge in [0.05, 0.1) is 6.61 Å². The van der Waals surface area contributed by atoms with Gasteiger partial charge in [0, 0.05) is 6.08 Å². The smallest absolute Gasteiger partial charge is 0.330 e. The molecule has 166 valence electrons. The zero-order valence-electron chi connectivity index (χ0n) is 17.7. The number of halogens is 3. The average molecular weight is 605 g/mol. The highest BCUT2D eigenvalue weighted by Gasteiger charge is 2.20. The van der Waals surface area contributed by atoms with Crippen LogP contribution < -0.4 is 0 Å². The number of carbonyl (C=O) groups excluding carboxylic acids is 1. The van der Waals surface area contributed by atoms with E-state index in [1.807, 2.05) is 0 Å². The van der Waals surface area contributed by atoms with Crippen molar-refractivity contribution in [2.75, 3.05) is 6.61 Å². The number of rotatable bonds is 21. The summed E-state index contributed by atoms with van der Waals surface area (Å²) in [4.78, 5) is 10.9. The molecule has 0 saturated heterocycles. The monoisotopic (exact) mass is 602 g/mol. The maximum Gasteiger partial charge on any atom is 0.330 e. The van der Waals surface area contributed by atoms with Crippen LogP contribution in [-0.4, -0.2) is 16.5 Å². The Morgan fingerprint density at radius 3 is 1.29 bits per heavy atom. The highest BCUT2D eigenvalue weighted by molar-refractivity contribution is 9.72. The highest BCUT2D eigenvalue weighted by atomic mass is 80.0. The molecule has 0 fully saturated rings. The first-order valence-corrected chi connectivity index (χ1v) is 20.3. The Labute approximate surface area is 198 Å². The minimum Gasteiger partial charge on any atom is -0.463 e. The summed E-state index contributed by atoms with van der Waals surface area (Å²) in [6, 6.07) is 1.26. The third-order valence-electron chi connectivity index (χ3n) is 5.02. The molecule has 0 aromatic carbocycles. The maximum absolute atomic E-state index is 10.9. The molecular formula is C22H41Br3O2Si. The summed E-state index contributed by atoms with van der Waals surface area (Å²) in [7, 11) is 0. The van der Waals surface area contributed by atoms with E-state index in [1.165, 1.54) is 108 Å². The van der Waals surface area contributed by atoms with Crippen LogP contribution in [0.5, 0.6) is 0 Å². The van der Waals surface area contributed by atoms with Gasteiger partial charge in [-0.1, -0.05) is 155 Å². The Bertz CT molecular complexity index is 373. The third-order valence-corrected chi connectivity index (χ3v) is 9.50. The van der Waals surface area contributed by atoms with Crippen molar-refractivity contribution in [3.63, 3.8) is 0 Å². The second-order valence-electron chi connectivity index (χ2n) is 7.75. The highest BCUT2D eigenvalue weighted by Crippen LogP contribution is 2.33. The van der Waals surface area contributed by atoms with Crippen molar-refractivity contribution in [1.29, 1.82) is 0 Å². The SMILES string of the molecule is C=CC(=O)OCCCCCCCCCCCCCCCCCCC[Si](Br)(Br)Br. The predicted molar refractivity (Wildman–Crippen MR) is 137 cm³/mol. The Balaban J connectivity index is 3.07. The van der Waals surface area contributed by atoms with Gasteiger partial charge in [0.25, 0.3) is 3.93 Å². The summed E-state index contributed by atoms with van der Waals surface area (Å²) in [6.07, 6.45) is 24.1. The lowest BCUT2D eigenvalue weighted by Crippen LogP contribution is -2.04. The molecule has 0 aromatic rings. The summed E-state index contributed by atoms with van der Waals surface area (Å²) in [5, 5.41) is 0. The standard InChI is InChI=1S/C22H41Br3O2Si/c1-2-22(26)27-20-18-16-14-12-10-8-6-4-3-5-7-9-11-13-15-17-19-21-28(23,24)25/h2H,1,3-21H2. The van der Waals surface area contributed by atoms with Crippen molar-refractivity contribution in [1.82, 2.24) is 0 Å². The number of carbonyl (C=O) groups is 1. The molecule has 0 rings (SSSR count). The van der Waals surface area contributed by atoms with Crippen LogP contribution in [0.15, 0.2) is 12.7 Å². The molecule has 0 atom stereocenters. The molecule has 28 heavy (non-hydrogen) atoms. The van der Waals surface area contributed by atoms with Crippen LogP contribution in [0.2, 0.25) is 6.04 Å². The Morgan fingerprint density at radius 1 is 0.643 bits per heavy atom. The second-order valence-corrected chi connectivity index (χ2v) is 31.2. The topological polar surface area (TPSA) is 26.3 Å². The Morgan fingerprint density at radius 2 is 0.964 bits per heavy atom. The van der Waals surface area contributed by atoms with Crippen LogP contribution >= 0.6 is 45.9 Å². The fourth-order valence-electron chi connectivity index (χ4n) is 3.31. The van der Waals surface area contributed by atoms with E-state index in [0.717, 1.165) is 12.8 Å². The Kier molecular flexibility index (Phi) is 21.8. The lowest BCUT2D eigenvalue weighted by Gasteiger charge is -2.08. The molecule has 6 heteroatoms. The van der Waals surface area contributed by atoms with Gasteiger partial charge in [-0.15, -0.1) is 0 Å². The molecule has 0 radical (unpaired) electrons. The lowest BCUT2D eigenvalue weighted by atomic mass is 10.0. The van der Waals surface area contributed by atoms with E-state index in [2.05, 4.69) is 52.5 Å². The first kappa shape index (κ1) is 28.9. The van der Waals surface area contributed by atoms with E-state index in [1.54, 1.807) is 0 Å². The molecule has 0 spiro atoms. The van der Waals surface area contributed by atoms with Gasteiger partial charge in [-0.25, -0.2) is 4.79 Å². The normalized spacial score (nSPS) is 11.5. The van der Waals surface area contributed by atoms with Gasteiger partial charge in [0.2, 0.25) is 0 Å². The van der Waals surface area contributed by atoms with E-state index in [-0.39, 0.29) is 5.97 Å². The number of unbranched alkanes of at least 4 members (excludes halogenated alkanes) is 16. The molecule has 0 aliphatic rings. The van der Waals surface area contributed by atoms with Gasteiger partial charge < -0.3 is 4.74 Å². The van der Waals surface area contributed by atoms with Gasteiger partial charge in [-0.2, -0.15) is 0 Å². The summed E-state index contributed by atoms with van der Waals surface area (Å²) in [5.41, 5.74) is 0. The zero-order chi connectivity index (χ0) is 20.9. The van der Waals surface area contributed by atoms with E-state index in [9.17, 15) is 4.79 Å². The van der Waals surface area contributed by atoms with Crippen molar-refractivity contribution in [3.8, 4) is 0 Å². The Hall–Kier alpha value is 0.867. The molecule has 0 amide bonds. The minimum atomic E-state index is -1.35. The average Bonchev–Trinajstić information content (AvgIpc) is 2.65. The van der Waals surface area contributed by atoms with Crippen molar-refractivity contribution >= 4 is 55.8 Å². The van der Waals surface area contributed by atoms with Gasteiger partial charge in [-0.05, 0) is 12.5 Å². The van der Waals surface area contributed by atoms with Gasteiger partial charge in [0.1, 0.15) is 0 Å². The van der Waals surface area contributed by atoms with E-state index >= 15 is 0 Å². The van der Waals surface area contributed by atoms with Crippen LogP contribution in [0, 0.1) is 0 Å². The van der Waals surface area contributed by atoms with Crippen LogP contribution in [0.1, 0.15) is 109 Å². The third kappa shape index (κ3) is 24.9. The number of hydrogen-bond acceptors (Lipinski definition) is 2. The lowest BCUT2D eigenvalue weighted by molar-refractivity contribution is -0.137. The number of ether oxygens (including phenoxy) is 1. The quantitative estimate of drug-likeness (QED) is 0.0429. The summed E-state index contributed by atoms with van der Waals surface area (Å²) in [5.74, 6) is -0.303. The van der Waals surface area contributed by atoms with E-state index in [4.69, 9.17) is 4.74 Å². The molecule has 0 N–H and O–H groups in total. The molecule has 0 saturated carbocycles. The van der Waals surface area contributed by atoms with Crippen LogP contribution in [-0.2, 0) is 9.53 Å². The first-order chi connectivity index (χ1) is 13.5. The largest absolute Gasteiger partial charge is 0.463 e. The van der Waals surface area contributed by atoms with Gasteiger partial charge in [0.15, 0.2) is 0 Å². The molecule has 0 aliphatic heterocycles. The second kappa shape index (κ2) is 21.1. The number of hydrogen-bond donors (Lipinski definition) is 0. The minimum absolute atomic E-state index is 0.303. The molecule has 0 aliphatic carbocycles. The summed E-state index contributed by atoms with van der Waals surface area (Å²) >= 11 is 11.1. The zero-order valence-corrected chi connectivity index (χ0v) is 23.4. The predicted octanol–water partition coefficient (Wildman–Crippen LogP) is 9.47. The molecule has 0 aromatic heterocycles. The van der Waals surface area contributed by atoms with Gasteiger partial charge >= 0.3 is 5.97 Å².